The van der Waals surface area contributed by atoms with E-state index in [1.807, 2.05) is 0 Å². The molecule has 0 heterocycles. The summed E-state index contributed by atoms with van der Waals surface area (Å²) in [6.07, 6.45) is 5.43. The van der Waals surface area contributed by atoms with Crippen molar-refractivity contribution in [3.63, 3.8) is 0 Å². The van der Waals surface area contributed by atoms with Crippen LogP contribution >= 0.6 is 0 Å². The third-order valence-electron chi connectivity index (χ3n) is 3.02. The Hall–Kier alpha value is 0.137. The summed E-state index contributed by atoms with van der Waals surface area (Å²) >= 11 is 0. The maximum Gasteiger partial charge on any atom is 0.324 e. The Balaban J connectivity index is 2.39. The van der Waals surface area contributed by atoms with Gasteiger partial charge < -0.3 is 8.85 Å². The molecule has 0 aliphatic heterocycles. The molecule has 1 aliphatic rings. The van der Waals surface area contributed by atoms with Crippen molar-refractivity contribution in [2.24, 2.45) is 5.92 Å². The quantitative estimate of drug-likeness (QED) is 0.658. The van der Waals surface area contributed by atoms with Crippen LogP contribution in [0, 0.1) is 5.92 Å². The fourth-order valence-electron chi connectivity index (χ4n) is 2.38. The van der Waals surface area contributed by atoms with Gasteiger partial charge >= 0.3 is 9.28 Å². The number of hydrogen-bond donors (Lipinski definition) is 0. The molecule has 2 nitrogen and oxygen atoms in total. The van der Waals surface area contributed by atoms with E-state index in [0.717, 1.165) is 24.7 Å². The molecule has 2 atom stereocenters. The summed E-state index contributed by atoms with van der Waals surface area (Å²) in [7, 11) is -1.35. The predicted molar refractivity (Wildman–Crippen MR) is 61.8 cm³/mol. The molecule has 0 bridgehead atoms. The lowest BCUT2D eigenvalue weighted by atomic mass is 9.90. The lowest BCUT2D eigenvalue weighted by Crippen LogP contribution is -2.32. The van der Waals surface area contributed by atoms with Crippen LogP contribution in [-0.4, -0.2) is 22.5 Å². The summed E-state index contributed by atoms with van der Waals surface area (Å²) in [5.74, 6) is 0.879. The minimum Gasteiger partial charge on any atom is -0.397 e. The lowest BCUT2D eigenvalue weighted by molar-refractivity contribution is 0.190. The van der Waals surface area contributed by atoms with Crippen LogP contribution in [-0.2, 0) is 8.85 Å². The van der Waals surface area contributed by atoms with Gasteiger partial charge in [-0.3, -0.25) is 0 Å². The Morgan fingerprint density at radius 2 is 1.79 bits per heavy atom. The van der Waals surface area contributed by atoms with Gasteiger partial charge in [-0.2, -0.15) is 0 Å². The van der Waals surface area contributed by atoms with Crippen molar-refractivity contribution >= 4 is 9.28 Å². The molecule has 0 N–H and O–H groups in total. The van der Waals surface area contributed by atoms with E-state index < -0.39 is 9.28 Å². The highest BCUT2D eigenvalue weighted by atomic mass is 28.3. The molecule has 0 aromatic rings. The van der Waals surface area contributed by atoms with Crippen molar-refractivity contribution < 1.29 is 8.85 Å². The summed E-state index contributed by atoms with van der Waals surface area (Å²) < 4.78 is 11.6. The Morgan fingerprint density at radius 3 is 2.29 bits per heavy atom. The van der Waals surface area contributed by atoms with E-state index in [9.17, 15) is 0 Å². The first-order chi connectivity index (χ1) is 6.77. The summed E-state index contributed by atoms with van der Waals surface area (Å²) in [6, 6.07) is 0. The predicted octanol–water partition coefficient (Wildman–Crippen LogP) is 2.86. The van der Waals surface area contributed by atoms with Gasteiger partial charge in [0.2, 0.25) is 0 Å². The third-order valence-corrected chi connectivity index (χ3v) is 5.72. The molecule has 14 heavy (non-hydrogen) atoms. The topological polar surface area (TPSA) is 18.5 Å². The van der Waals surface area contributed by atoms with Crippen molar-refractivity contribution in [2.75, 3.05) is 13.2 Å². The van der Waals surface area contributed by atoms with Crippen LogP contribution in [0.1, 0.15) is 46.5 Å². The molecule has 0 aromatic heterocycles. The standard InChI is InChI=1S/C11H24O2Si/c1-4-12-14(13-5-2)11-8-6-7-10(3)9-11/h10-11,14H,4-9H2,1-3H3. The number of rotatable bonds is 5. The second kappa shape index (κ2) is 6.59. The maximum atomic E-state index is 5.79. The molecule has 0 spiro atoms. The molecule has 2 unspecified atom stereocenters. The molecule has 1 aliphatic carbocycles. The van der Waals surface area contributed by atoms with Crippen molar-refractivity contribution in [3.05, 3.63) is 0 Å². The highest BCUT2D eigenvalue weighted by Gasteiger charge is 2.29. The van der Waals surface area contributed by atoms with Crippen molar-refractivity contribution in [3.8, 4) is 0 Å². The zero-order chi connectivity index (χ0) is 10.4. The van der Waals surface area contributed by atoms with E-state index >= 15 is 0 Å². The van der Waals surface area contributed by atoms with E-state index in [1.54, 1.807) is 0 Å². The Labute approximate surface area is 89.8 Å². The van der Waals surface area contributed by atoms with Crippen LogP contribution < -0.4 is 0 Å². The van der Waals surface area contributed by atoms with Crippen LogP contribution in [0.25, 0.3) is 0 Å². The van der Waals surface area contributed by atoms with Gasteiger partial charge in [-0.1, -0.05) is 19.8 Å². The molecule has 1 fully saturated rings. The molecule has 3 heteroatoms. The van der Waals surface area contributed by atoms with Gasteiger partial charge in [0.1, 0.15) is 0 Å². The molecule has 0 radical (unpaired) electrons. The highest BCUT2D eigenvalue weighted by molar-refractivity contribution is 6.46. The lowest BCUT2D eigenvalue weighted by Gasteiger charge is -2.31. The zero-order valence-corrected chi connectivity index (χ0v) is 10.9. The minimum absolute atomic E-state index is 0.763. The van der Waals surface area contributed by atoms with Gasteiger partial charge in [-0.15, -0.1) is 0 Å². The van der Waals surface area contributed by atoms with E-state index in [-0.39, 0.29) is 0 Å². The minimum atomic E-state index is -1.35. The Kier molecular flexibility index (Phi) is 5.75. The van der Waals surface area contributed by atoms with E-state index in [1.165, 1.54) is 25.7 Å². The average Bonchev–Trinajstić information content (AvgIpc) is 2.17. The second-order valence-electron chi connectivity index (χ2n) is 4.31. The molecule has 0 amide bonds. The summed E-state index contributed by atoms with van der Waals surface area (Å²) in [4.78, 5) is 0. The summed E-state index contributed by atoms with van der Waals surface area (Å²) in [6.45, 7) is 8.15. The molecule has 1 saturated carbocycles. The molecule has 1 rings (SSSR count). The largest absolute Gasteiger partial charge is 0.397 e. The molecule has 84 valence electrons. The van der Waals surface area contributed by atoms with E-state index in [0.29, 0.717) is 0 Å². The normalized spacial score (nSPS) is 28.3. The monoisotopic (exact) mass is 216 g/mol. The average molecular weight is 216 g/mol. The SMILES string of the molecule is CCO[SiH](OCC)C1CCCC(C)C1. The molecular weight excluding hydrogens is 192 g/mol. The van der Waals surface area contributed by atoms with Gasteiger partial charge in [-0.25, -0.2) is 0 Å². The first-order valence-electron chi connectivity index (χ1n) is 6.01. The second-order valence-corrected chi connectivity index (χ2v) is 6.66. The summed E-state index contributed by atoms with van der Waals surface area (Å²) in [5, 5.41) is 0. The van der Waals surface area contributed by atoms with Gasteiger partial charge in [0.25, 0.3) is 0 Å². The van der Waals surface area contributed by atoms with E-state index in [4.69, 9.17) is 8.85 Å². The van der Waals surface area contributed by atoms with Crippen LogP contribution in [0.15, 0.2) is 0 Å². The third kappa shape index (κ3) is 3.71. The van der Waals surface area contributed by atoms with Gasteiger partial charge in [0, 0.05) is 18.8 Å². The molecular formula is C11H24O2Si. The van der Waals surface area contributed by atoms with Crippen LogP contribution in [0.2, 0.25) is 5.54 Å². The van der Waals surface area contributed by atoms with E-state index in [2.05, 4.69) is 20.8 Å². The van der Waals surface area contributed by atoms with Crippen molar-refractivity contribution in [2.45, 2.75) is 52.0 Å². The van der Waals surface area contributed by atoms with Crippen molar-refractivity contribution in [1.29, 1.82) is 0 Å². The van der Waals surface area contributed by atoms with Crippen LogP contribution in [0.3, 0.4) is 0 Å². The first-order valence-corrected chi connectivity index (χ1v) is 7.62. The smallest absolute Gasteiger partial charge is 0.324 e. The molecule has 0 saturated heterocycles. The Bertz CT molecular complexity index is 143. The maximum absolute atomic E-state index is 5.79. The van der Waals surface area contributed by atoms with Gasteiger partial charge in [-0.05, 0) is 32.6 Å². The molecule has 0 aromatic carbocycles. The first kappa shape index (κ1) is 12.2. The Morgan fingerprint density at radius 1 is 1.14 bits per heavy atom. The summed E-state index contributed by atoms with van der Waals surface area (Å²) in [5.41, 5.74) is 0.763. The van der Waals surface area contributed by atoms with Crippen LogP contribution in [0.4, 0.5) is 0 Å². The fraction of sp³-hybridized carbons (Fsp3) is 1.00. The highest BCUT2D eigenvalue weighted by Crippen LogP contribution is 2.35. The fourth-order valence-corrected chi connectivity index (χ4v) is 4.87. The van der Waals surface area contributed by atoms with Gasteiger partial charge in [0.05, 0.1) is 0 Å². The number of hydrogen-bond acceptors (Lipinski definition) is 2. The zero-order valence-electron chi connectivity index (χ0n) is 9.79. The van der Waals surface area contributed by atoms with Crippen LogP contribution in [0.5, 0.6) is 0 Å². The van der Waals surface area contributed by atoms with Crippen molar-refractivity contribution in [1.82, 2.24) is 0 Å². The van der Waals surface area contributed by atoms with Gasteiger partial charge in [0.15, 0.2) is 0 Å².